The predicted molar refractivity (Wildman–Crippen MR) is 170 cm³/mol. The summed E-state index contributed by atoms with van der Waals surface area (Å²) in [5.74, 6) is -3.29. The molecule has 0 fully saturated rings. The van der Waals surface area contributed by atoms with Crippen LogP contribution in [-0.4, -0.2) is 69.9 Å². The number of fused-ring (bicyclic) bond motifs is 1. The van der Waals surface area contributed by atoms with E-state index in [4.69, 9.17) is 5.73 Å². The minimum atomic E-state index is -1.11. The normalized spacial score (nSPS) is 14.8. The fourth-order valence-corrected chi connectivity index (χ4v) is 5.01. The van der Waals surface area contributed by atoms with Crippen molar-refractivity contribution in [2.45, 2.75) is 116 Å². The van der Waals surface area contributed by atoms with Crippen LogP contribution in [-0.2, 0) is 30.4 Å². The van der Waals surface area contributed by atoms with Crippen molar-refractivity contribution >= 4 is 40.5 Å². The summed E-state index contributed by atoms with van der Waals surface area (Å²) in [5.41, 5.74) is 7.22. The molecule has 8 N–H and O–H groups in total. The topological polar surface area (TPSA) is 196 Å². The van der Waals surface area contributed by atoms with Crippen LogP contribution in [0.3, 0.4) is 0 Å². The van der Waals surface area contributed by atoms with Gasteiger partial charge in [-0.05, 0) is 50.2 Å². The van der Waals surface area contributed by atoms with Gasteiger partial charge in [-0.25, -0.2) is 0 Å². The first kappa shape index (κ1) is 36.3. The molecule has 0 spiro atoms. The number of nitrogens with two attached hydrogens (primary N) is 1. The zero-order chi connectivity index (χ0) is 32.8. The van der Waals surface area contributed by atoms with Crippen LogP contribution in [0.5, 0.6) is 0 Å². The van der Waals surface area contributed by atoms with Crippen molar-refractivity contribution in [1.29, 1.82) is 0 Å². The summed E-state index contributed by atoms with van der Waals surface area (Å²) in [6.07, 6.45) is 5.92. The van der Waals surface area contributed by atoms with Crippen LogP contribution in [0.1, 0.15) is 85.1 Å². The Hall–Kier alpha value is -3.93. The fraction of sp³-hybridized carbons (Fsp3) is 0.594. The Labute approximate surface area is 259 Å². The number of hydrogen-bond donors (Lipinski definition) is 7. The summed E-state index contributed by atoms with van der Waals surface area (Å²) in [4.78, 5) is 67.3. The number of aromatic nitrogens is 1. The van der Waals surface area contributed by atoms with E-state index in [0.29, 0.717) is 32.1 Å². The summed E-state index contributed by atoms with van der Waals surface area (Å²) in [5, 5.41) is 21.6. The first-order valence-corrected chi connectivity index (χ1v) is 15.6. The van der Waals surface area contributed by atoms with Crippen molar-refractivity contribution < 1.29 is 29.1 Å². The molecule has 2 rings (SSSR count). The van der Waals surface area contributed by atoms with E-state index in [1.54, 1.807) is 6.20 Å². The molecule has 12 nitrogen and oxygen atoms in total. The summed E-state index contributed by atoms with van der Waals surface area (Å²) in [6, 6.07) is 2.85. The molecule has 0 aliphatic heterocycles. The highest BCUT2D eigenvalue weighted by Crippen LogP contribution is 2.19. The Morgan fingerprint density at radius 3 is 1.95 bits per heavy atom. The lowest BCUT2D eigenvalue weighted by atomic mass is 10.00. The smallest absolute Gasteiger partial charge is 0.320 e. The zero-order valence-electron chi connectivity index (χ0n) is 26.6. The van der Waals surface area contributed by atoms with E-state index in [0.717, 1.165) is 29.3 Å². The van der Waals surface area contributed by atoms with E-state index < -0.39 is 59.8 Å². The average molecular weight is 615 g/mol. The van der Waals surface area contributed by atoms with Gasteiger partial charge in [0.15, 0.2) is 0 Å². The average Bonchev–Trinajstić information content (AvgIpc) is 3.38. The Bertz CT molecular complexity index is 1260. The number of unbranched alkanes of at least 4 members (excludes halogenated alkanes) is 2. The van der Waals surface area contributed by atoms with Gasteiger partial charge in [0.1, 0.15) is 24.2 Å². The molecule has 244 valence electrons. The van der Waals surface area contributed by atoms with Crippen molar-refractivity contribution in [3.05, 3.63) is 36.0 Å². The zero-order valence-corrected chi connectivity index (χ0v) is 26.6. The molecule has 1 heterocycles. The third kappa shape index (κ3) is 11.3. The highest BCUT2D eigenvalue weighted by atomic mass is 16.4. The predicted octanol–water partition coefficient (Wildman–Crippen LogP) is 2.51. The third-order valence-electron chi connectivity index (χ3n) is 7.56. The van der Waals surface area contributed by atoms with Crippen molar-refractivity contribution in [3.8, 4) is 0 Å². The van der Waals surface area contributed by atoms with Crippen molar-refractivity contribution in [1.82, 2.24) is 26.3 Å². The van der Waals surface area contributed by atoms with Gasteiger partial charge < -0.3 is 31.8 Å². The van der Waals surface area contributed by atoms with Crippen LogP contribution in [0, 0.1) is 5.92 Å². The molecule has 0 unspecified atom stereocenters. The number of primary amides is 1. The molecule has 0 radical (unpaired) electrons. The molecule has 0 saturated heterocycles. The largest absolute Gasteiger partial charge is 0.480 e. The van der Waals surface area contributed by atoms with E-state index >= 15 is 0 Å². The number of para-hydroxylation sites is 1. The number of carbonyl (C=O) groups excluding carboxylic acids is 4. The lowest BCUT2D eigenvalue weighted by Crippen LogP contribution is -2.59. The lowest BCUT2D eigenvalue weighted by molar-refractivity contribution is -0.139. The fourth-order valence-electron chi connectivity index (χ4n) is 5.01. The molecule has 0 aliphatic rings. The van der Waals surface area contributed by atoms with Gasteiger partial charge in [0, 0.05) is 17.1 Å². The third-order valence-corrected chi connectivity index (χ3v) is 7.56. The maximum atomic E-state index is 13.7. The van der Waals surface area contributed by atoms with Gasteiger partial charge in [-0.3, -0.25) is 29.3 Å². The van der Waals surface area contributed by atoms with Crippen LogP contribution < -0.4 is 27.0 Å². The van der Waals surface area contributed by atoms with Crippen LogP contribution in [0.2, 0.25) is 0 Å². The minimum Gasteiger partial charge on any atom is -0.480 e. The van der Waals surface area contributed by atoms with E-state index in [-0.39, 0.29) is 12.3 Å². The van der Waals surface area contributed by atoms with E-state index in [9.17, 15) is 29.1 Å². The van der Waals surface area contributed by atoms with Crippen molar-refractivity contribution in [2.24, 2.45) is 11.7 Å². The van der Waals surface area contributed by atoms with Crippen molar-refractivity contribution in [3.63, 3.8) is 0 Å². The molecular weight excluding hydrogens is 564 g/mol. The SMILES string of the molecule is CCCC[C@H](NC(=O)[C@H](CC(C)C)NC(=O)[C@H](CCCC)NC(=O)[C@H](Cc1c[nH]c2ccccc12)N[C@H](C)C(=O)O)C(N)=O. The van der Waals surface area contributed by atoms with Crippen LogP contribution in [0.25, 0.3) is 10.9 Å². The molecule has 2 aromatic rings. The molecular formula is C32H50N6O6. The number of carboxylic acid groups (broad SMARTS) is 1. The number of carbonyl (C=O) groups is 5. The second-order valence-corrected chi connectivity index (χ2v) is 11.8. The van der Waals surface area contributed by atoms with Gasteiger partial charge in [-0.2, -0.15) is 0 Å². The number of H-pyrrole nitrogens is 1. The number of hydrogen-bond acceptors (Lipinski definition) is 6. The minimum absolute atomic E-state index is 0.0414. The van der Waals surface area contributed by atoms with Gasteiger partial charge >= 0.3 is 5.97 Å². The highest BCUT2D eigenvalue weighted by molar-refractivity contribution is 5.95. The molecule has 12 heteroatoms. The summed E-state index contributed by atoms with van der Waals surface area (Å²) in [7, 11) is 0. The molecule has 0 saturated carbocycles. The summed E-state index contributed by atoms with van der Waals surface area (Å²) < 4.78 is 0. The Morgan fingerprint density at radius 2 is 1.36 bits per heavy atom. The number of benzene rings is 1. The summed E-state index contributed by atoms with van der Waals surface area (Å²) >= 11 is 0. The number of amides is 4. The first-order chi connectivity index (χ1) is 20.9. The second kappa shape index (κ2) is 18.0. The maximum Gasteiger partial charge on any atom is 0.320 e. The van der Waals surface area contributed by atoms with Crippen molar-refractivity contribution in [2.75, 3.05) is 0 Å². The number of aromatic amines is 1. The Morgan fingerprint density at radius 1 is 0.818 bits per heavy atom. The van der Waals surface area contributed by atoms with Gasteiger partial charge in [0.25, 0.3) is 0 Å². The first-order valence-electron chi connectivity index (χ1n) is 15.6. The number of aliphatic carboxylic acids is 1. The van der Waals surface area contributed by atoms with Crippen LogP contribution in [0.4, 0.5) is 0 Å². The lowest BCUT2D eigenvalue weighted by Gasteiger charge is -2.27. The Balaban J connectivity index is 2.27. The van der Waals surface area contributed by atoms with Crippen LogP contribution in [0.15, 0.2) is 30.5 Å². The monoisotopic (exact) mass is 614 g/mol. The Kier molecular flexibility index (Phi) is 14.8. The molecule has 0 bridgehead atoms. The quantitative estimate of drug-likeness (QED) is 0.119. The number of nitrogens with one attached hydrogen (secondary N) is 5. The van der Waals surface area contributed by atoms with Crippen LogP contribution >= 0.6 is 0 Å². The van der Waals surface area contributed by atoms with E-state index in [2.05, 4.69) is 26.3 Å². The molecule has 4 amide bonds. The van der Waals surface area contributed by atoms with E-state index in [1.165, 1.54) is 6.92 Å². The van der Waals surface area contributed by atoms with Gasteiger partial charge in [-0.15, -0.1) is 0 Å². The van der Waals surface area contributed by atoms with Gasteiger partial charge in [-0.1, -0.05) is 71.6 Å². The maximum absolute atomic E-state index is 13.7. The standard InChI is InChI=1S/C32H50N6O6/c1-6-8-13-24(28(33)39)36-30(41)26(16-19(3)4)38-29(40)25(14-9-7-2)37-31(42)27(35-20(5)32(43)44)17-21-18-34-23-15-11-10-12-22(21)23/h10-12,15,18-20,24-27,34-35H,6-9,13-14,16-17H2,1-5H3,(H2,33,39)(H,36,41)(H,37,42)(H,38,40)(H,43,44)/t20-,24+,25+,26+,27+/m1/s1. The molecule has 1 aromatic carbocycles. The molecule has 0 aliphatic carbocycles. The molecule has 5 atom stereocenters. The molecule has 1 aromatic heterocycles. The number of carboxylic acids is 1. The number of rotatable bonds is 20. The van der Waals surface area contributed by atoms with Gasteiger partial charge in [0.2, 0.25) is 23.6 Å². The van der Waals surface area contributed by atoms with Gasteiger partial charge in [0.05, 0.1) is 6.04 Å². The van der Waals surface area contributed by atoms with E-state index in [1.807, 2.05) is 52.0 Å². The highest BCUT2D eigenvalue weighted by Gasteiger charge is 2.32. The molecule has 44 heavy (non-hydrogen) atoms. The summed E-state index contributed by atoms with van der Waals surface area (Å²) in [6.45, 7) is 9.21. The second-order valence-electron chi connectivity index (χ2n) is 11.8.